The molecule has 0 fully saturated rings. The average Bonchev–Trinajstić information content (AvgIpc) is 2.83. The summed E-state index contributed by atoms with van der Waals surface area (Å²) in [5.74, 6) is 1.19. The zero-order valence-corrected chi connectivity index (χ0v) is 11.8. The Hall–Kier alpha value is -0.940. The average molecular weight is 256 g/mol. The number of nitrogens with zero attached hydrogens (tertiary/aromatic N) is 2. The van der Waals surface area contributed by atoms with Gasteiger partial charge in [-0.1, -0.05) is 19.0 Å². The first kappa shape index (κ1) is 15.1. The molecule has 1 rings (SSSR count). The Kier molecular flexibility index (Phi) is 5.75. The third-order valence-corrected chi connectivity index (χ3v) is 3.21. The Morgan fingerprint density at radius 3 is 2.50 bits per heavy atom. The number of aryl methyl sites for hydroxylation is 1. The summed E-state index contributed by atoms with van der Waals surface area (Å²) in [5, 5.41) is 13.3. The standard InChI is InChI=1S/C13H24N2O3/c1-5-13(6-2,17-7-3)12-14-11(18-15-12)9-8-10(4)16/h10,16H,5-9H2,1-4H3. The van der Waals surface area contributed by atoms with Crippen LogP contribution in [0.4, 0.5) is 0 Å². The fourth-order valence-corrected chi connectivity index (χ4v) is 1.99. The van der Waals surface area contributed by atoms with Crippen molar-refractivity contribution >= 4 is 0 Å². The van der Waals surface area contributed by atoms with Crippen molar-refractivity contribution in [2.45, 2.75) is 65.1 Å². The molecule has 1 unspecified atom stereocenters. The second-order valence-corrected chi connectivity index (χ2v) is 4.53. The fraction of sp³-hybridized carbons (Fsp3) is 0.846. The van der Waals surface area contributed by atoms with Crippen LogP contribution in [-0.2, 0) is 16.8 Å². The van der Waals surface area contributed by atoms with E-state index in [1.807, 2.05) is 6.92 Å². The molecule has 0 amide bonds. The molecule has 0 aliphatic rings. The first-order valence-electron chi connectivity index (χ1n) is 6.73. The number of hydrogen-bond donors (Lipinski definition) is 1. The highest BCUT2D eigenvalue weighted by Gasteiger charge is 2.34. The lowest BCUT2D eigenvalue weighted by Crippen LogP contribution is -2.29. The molecular formula is C13H24N2O3. The van der Waals surface area contributed by atoms with Crippen LogP contribution in [0.5, 0.6) is 0 Å². The molecule has 18 heavy (non-hydrogen) atoms. The van der Waals surface area contributed by atoms with Crippen LogP contribution in [0.2, 0.25) is 0 Å². The highest BCUT2D eigenvalue weighted by atomic mass is 16.5. The minimum absolute atomic E-state index is 0.352. The zero-order chi connectivity index (χ0) is 13.6. The van der Waals surface area contributed by atoms with Crippen molar-refractivity contribution in [3.63, 3.8) is 0 Å². The van der Waals surface area contributed by atoms with Gasteiger partial charge in [-0.2, -0.15) is 4.98 Å². The van der Waals surface area contributed by atoms with Gasteiger partial charge in [0.2, 0.25) is 11.7 Å². The highest BCUT2D eigenvalue weighted by Crippen LogP contribution is 2.30. The smallest absolute Gasteiger partial charge is 0.226 e. The fourth-order valence-electron chi connectivity index (χ4n) is 1.99. The summed E-state index contributed by atoms with van der Waals surface area (Å²) in [6, 6.07) is 0. The number of aromatic nitrogens is 2. The SMILES string of the molecule is CCOC(CC)(CC)c1noc(CCC(C)O)n1. The maximum Gasteiger partial charge on any atom is 0.226 e. The lowest BCUT2D eigenvalue weighted by atomic mass is 9.96. The second-order valence-electron chi connectivity index (χ2n) is 4.53. The molecule has 5 nitrogen and oxygen atoms in total. The maximum atomic E-state index is 9.24. The predicted molar refractivity (Wildman–Crippen MR) is 68.2 cm³/mol. The van der Waals surface area contributed by atoms with Crippen LogP contribution in [0.3, 0.4) is 0 Å². The number of ether oxygens (including phenoxy) is 1. The third kappa shape index (κ3) is 3.53. The quantitative estimate of drug-likeness (QED) is 0.773. The van der Waals surface area contributed by atoms with Gasteiger partial charge in [0.05, 0.1) is 6.10 Å². The number of hydrogen-bond acceptors (Lipinski definition) is 5. The van der Waals surface area contributed by atoms with Gasteiger partial charge in [0, 0.05) is 13.0 Å². The van der Waals surface area contributed by atoms with Crippen molar-refractivity contribution in [2.75, 3.05) is 6.61 Å². The van der Waals surface area contributed by atoms with Gasteiger partial charge >= 0.3 is 0 Å². The maximum absolute atomic E-state index is 9.24. The lowest BCUT2D eigenvalue weighted by Gasteiger charge is -2.27. The molecule has 0 bridgehead atoms. The van der Waals surface area contributed by atoms with Gasteiger partial charge in [-0.15, -0.1) is 0 Å². The summed E-state index contributed by atoms with van der Waals surface area (Å²) in [7, 11) is 0. The summed E-state index contributed by atoms with van der Waals surface area (Å²) in [6.45, 7) is 8.46. The van der Waals surface area contributed by atoms with Crippen LogP contribution in [0.1, 0.15) is 58.7 Å². The van der Waals surface area contributed by atoms with Crippen molar-refractivity contribution in [3.05, 3.63) is 11.7 Å². The van der Waals surface area contributed by atoms with E-state index in [2.05, 4.69) is 24.0 Å². The van der Waals surface area contributed by atoms with Gasteiger partial charge in [0.1, 0.15) is 5.60 Å². The summed E-state index contributed by atoms with van der Waals surface area (Å²) in [4.78, 5) is 4.40. The van der Waals surface area contributed by atoms with Gasteiger partial charge in [-0.05, 0) is 33.1 Å². The molecule has 1 atom stereocenters. The largest absolute Gasteiger partial charge is 0.393 e. The zero-order valence-electron chi connectivity index (χ0n) is 11.8. The first-order valence-corrected chi connectivity index (χ1v) is 6.73. The number of aliphatic hydroxyl groups excluding tert-OH is 1. The molecule has 0 radical (unpaired) electrons. The molecule has 0 aromatic carbocycles. The second kappa shape index (κ2) is 6.85. The van der Waals surface area contributed by atoms with E-state index in [1.54, 1.807) is 6.92 Å². The minimum atomic E-state index is -0.443. The first-order chi connectivity index (χ1) is 8.57. The monoisotopic (exact) mass is 256 g/mol. The van der Waals surface area contributed by atoms with Crippen LogP contribution in [-0.4, -0.2) is 28.0 Å². The molecule has 0 spiro atoms. The molecule has 0 saturated carbocycles. The van der Waals surface area contributed by atoms with Crippen LogP contribution < -0.4 is 0 Å². The van der Waals surface area contributed by atoms with Gasteiger partial charge in [0.15, 0.2) is 0 Å². The van der Waals surface area contributed by atoms with Crippen molar-refractivity contribution in [3.8, 4) is 0 Å². The van der Waals surface area contributed by atoms with E-state index in [4.69, 9.17) is 9.26 Å². The van der Waals surface area contributed by atoms with E-state index in [1.165, 1.54) is 0 Å². The van der Waals surface area contributed by atoms with E-state index in [-0.39, 0.29) is 6.10 Å². The van der Waals surface area contributed by atoms with Gasteiger partial charge < -0.3 is 14.4 Å². The van der Waals surface area contributed by atoms with E-state index < -0.39 is 5.60 Å². The summed E-state index contributed by atoms with van der Waals surface area (Å²) >= 11 is 0. The highest BCUT2D eigenvalue weighted by molar-refractivity contribution is 5.01. The van der Waals surface area contributed by atoms with Crippen LogP contribution in [0.25, 0.3) is 0 Å². The Morgan fingerprint density at radius 2 is 2.00 bits per heavy atom. The lowest BCUT2D eigenvalue weighted by molar-refractivity contribution is -0.0583. The third-order valence-electron chi connectivity index (χ3n) is 3.21. The Bertz CT molecular complexity index is 346. The molecule has 1 N–H and O–H groups in total. The Balaban J connectivity index is 2.80. The summed E-state index contributed by atoms with van der Waals surface area (Å²) in [5.41, 5.74) is -0.443. The van der Waals surface area contributed by atoms with Crippen molar-refractivity contribution < 1.29 is 14.4 Å². The molecule has 5 heteroatoms. The number of rotatable bonds is 8. The van der Waals surface area contributed by atoms with Crippen LogP contribution in [0, 0.1) is 0 Å². The molecule has 0 aliphatic heterocycles. The van der Waals surface area contributed by atoms with Crippen molar-refractivity contribution in [2.24, 2.45) is 0 Å². The number of aliphatic hydroxyl groups is 1. The molecule has 1 aromatic heterocycles. The molecule has 1 heterocycles. The normalized spacial score (nSPS) is 13.8. The molecule has 1 aromatic rings. The summed E-state index contributed by atoms with van der Waals surface area (Å²) < 4.78 is 11.0. The van der Waals surface area contributed by atoms with Gasteiger partial charge in [0.25, 0.3) is 0 Å². The molecule has 0 saturated heterocycles. The Labute approximate surface area is 109 Å². The van der Waals surface area contributed by atoms with Crippen molar-refractivity contribution in [1.82, 2.24) is 10.1 Å². The Morgan fingerprint density at radius 1 is 1.33 bits per heavy atom. The summed E-state index contributed by atoms with van der Waals surface area (Å²) in [6.07, 6.45) is 2.50. The van der Waals surface area contributed by atoms with Gasteiger partial charge in [-0.3, -0.25) is 0 Å². The topological polar surface area (TPSA) is 68.4 Å². The van der Waals surface area contributed by atoms with E-state index in [9.17, 15) is 5.11 Å². The van der Waals surface area contributed by atoms with Crippen LogP contribution in [0.15, 0.2) is 4.52 Å². The van der Waals surface area contributed by atoms with E-state index >= 15 is 0 Å². The molecule has 0 aliphatic carbocycles. The van der Waals surface area contributed by atoms with Crippen molar-refractivity contribution in [1.29, 1.82) is 0 Å². The van der Waals surface area contributed by atoms with E-state index in [0.717, 1.165) is 12.8 Å². The minimum Gasteiger partial charge on any atom is -0.393 e. The van der Waals surface area contributed by atoms with Crippen LogP contribution >= 0.6 is 0 Å². The predicted octanol–water partition coefficient (Wildman–Crippen LogP) is 2.43. The van der Waals surface area contributed by atoms with E-state index in [0.29, 0.717) is 31.2 Å². The van der Waals surface area contributed by atoms with Gasteiger partial charge in [-0.25, -0.2) is 0 Å². The molecular weight excluding hydrogens is 232 g/mol. The molecule has 104 valence electrons.